The molecule has 3 rings (SSSR count). The minimum Gasteiger partial charge on any atom is -0.390 e. The van der Waals surface area contributed by atoms with Gasteiger partial charge in [0.2, 0.25) is 0 Å². The number of nitrogens with one attached hydrogen (secondary N) is 1. The van der Waals surface area contributed by atoms with Crippen LogP contribution in [0.1, 0.15) is 16.7 Å². The third kappa shape index (κ3) is 3.82. The molecular formula is C16H17ClN4OS. The van der Waals surface area contributed by atoms with Gasteiger partial charge in [-0.1, -0.05) is 35.9 Å². The van der Waals surface area contributed by atoms with Crippen molar-refractivity contribution in [3.63, 3.8) is 0 Å². The second-order valence-corrected chi connectivity index (χ2v) is 6.71. The van der Waals surface area contributed by atoms with Crippen molar-refractivity contribution in [3.8, 4) is 6.07 Å². The van der Waals surface area contributed by atoms with Crippen molar-refractivity contribution in [2.45, 2.75) is 19.1 Å². The van der Waals surface area contributed by atoms with Crippen molar-refractivity contribution in [3.05, 3.63) is 46.1 Å². The Kier molecular flexibility index (Phi) is 5.13. The van der Waals surface area contributed by atoms with Crippen LogP contribution in [0, 0.1) is 11.3 Å². The van der Waals surface area contributed by atoms with Crippen LogP contribution >= 0.6 is 23.1 Å². The Morgan fingerprint density at radius 3 is 3.00 bits per heavy atom. The fraction of sp³-hybridized carbons (Fsp3) is 0.375. The highest BCUT2D eigenvalue weighted by atomic mass is 35.5. The van der Waals surface area contributed by atoms with Crippen molar-refractivity contribution < 1.29 is 5.11 Å². The van der Waals surface area contributed by atoms with Crippen LogP contribution in [0.25, 0.3) is 0 Å². The summed E-state index contributed by atoms with van der Waals surface area (Å²) in [5.74, 6) is 0. The van der Waals surface area contributed by atoms with Crippen molar-refractivity contribution >= 4 is 28.1 Å². The van der Waals surface area contributed by atoms with E-state index in [-0.39, 0.29) is 5.15 Å². The molecule has 1 aliphatic heterocycles. The first-order valence-electron chi connectivity index (χ1n) is 7.43. The lowest BCUT2D eigenvalue weighted by atomic mass is 10.00. The summed E-state index contributed by atoms with van der Waals surface area (Å²) in [5, 5.41) is 23.2. The molecule has 0 amide bonds. The zero-order chi connectivity index (χ0) is 16.2. The Labute approximate surface area is 144 Å². The molecule has 0 unspecified atom stereocenters. The fourth-order valence-corrected chi connectivity index (χ4v) is 3.71. The van der Waals surface area contributed by atoms with Gasteiger partial charge >= 0.3 is 0 Å². The van der Waals surface area contributed by atoms with Crippen LogP contribution in [0.5, 0.6) is 0 Å². The van der Waals surface area contributed by atoms with Gasteiger partial charge in [-0.05, 0) is 29.1 Å². The van der Waals surface area contributed by atoms with E-state index < -0.39 is 6.10 Å². The van der Waals surface area contributed by atoms with Crippen LogP contribution in [0.3, 0.4) is 0 Å². The molecule has 2 heterocycles. The molecule has 0 radical (unpaired) electrons. The Balaban J connectivity index is 1.52. The average Bonchev–Trinajstić information content (AvgIpc) is 2.92. The molecule has 0 fully saturated rings. The number of aliphatic hydroxyl groups excluding tert-OH is 1. The summed E-state index contributed by atoms with van der Waals surface area (Å²) in [6, 6.07) is 10.5. The Bertz CT molecular complexity index is 727. The first-order chi connectivity index (χ1) is 11.2. The fourth-order valence-electron chi connectivity index (χ4n) is 2.77. The van der Waals surface area contributed by atoms with E-state index >= 15 is 0 Å². The van der Waals surface area contributed by atoms with Crippen molar-refractivity contribution in [1.82, 2.24) is 9.27 Å². The van der Waals surface area contributed by atoms with E-state index in [2.05, 4.69) is 38.9 Å². The number of anilines is 1. The molecule has 0 spiro atoms. The second-order valence-electron chi connectivity index (χ2n) is 5.58. The number of halogens is 1. The minimum absolute atomic E-state index is 0.210. The Hall–Kier alpha value is -1.65. The number of hydrogen-bond acceptors (Lipinski definition) is 6. The summed E-state index contributed by atoms with van der Waals surface area (Å²) >= 11 is 6.97. The molecule has 0 saturated heterocycles. The number of nitrogens with zero attached hydrogens (tertiary/aromatic N) is 3. The molecular weight excluding hydrogens is 332 g/mol. The van der Waals surface area contributed by atoms with Gasteiger partial charge in [0.25, 0.3) is 0 Å². The molecule has 2 N–H and O–H groups in total. The van der Waals surface area contributed by atoms with E-state index in [1.807, 2.05) is 6.07 Å². The second kappa shape index (κ2) is 7.28. The lowest BCUT2D eigenvalue weighted by Crippen LogP contribution is -2.39. The Morgan fingerprint density at radius 1 is 1.43 bits per heavy atom. The van der Waals surface area contributed by atoms with E-state index in [0.29, 0.717) is 23.7 Å². The molecule has 5 nitrogen and oxygen atoms in total. The molecule has 7 heteroatoms. The molecule has 1 aromatic carbocycles. The average molecular weight is 349 g/mol. The number of rotatable bonds is 5. The topological polar surface area (TPSA) is 72.2 Å². The lowest BCUT2D eigenvalue weighted by Gasteiger charge is -2.30. The highest BCUT2D eigenvalue weighted by Crippen LogP contribution is 2.27. The van der Waals surface area contributed by atoms with E-state index in [0.717, 1.165) is 31.0 Å². The van der Waals surface area contributed by atoms with Gasteiger partial charge in [-0.25, -0.2) is 0 Å². The third-order valence-corrected chi connectivity index (χ3v) is 5.12. The van der Waals surface area contributed by atoms with Crippen LogP contribution in [-0.4, -0.2) is 40.1 Å². The minimum atomic E-state index is -0.521. The molecule has 120 valence electrons. The van der Waals surface area contributed by atoms with Crippen molar-refractivity contribution in [2.75, 3.05) is 25.0 Å². The molecule has 23 heavy (non-hydrogen) atoms. The van der Waals surface area contributed by atoms with Gasteiger partial charge in [0.05, 0.1) is 6.10 Å². The highest BCUT2D eigenvalue weighted by Gasteiger charge is 2.19. The number of aliphatic hydroxyl groups is 1. The highest BCUT2D eigenvalue weighted by molar-refractivity contribution is 7.10. The number of fused-ring (bicyclic) bond motifs is 1. The monoisotopic (exact) mass is 348 g/mol. The number of benzene rings is 1. The SMILES string of the molecule is N#Cc1c(Cl)nsc1NC[C@H](O)CN1CCc2ccccc2C1. The van der Waals surface area contributed by atoms with Gasteiger partial charge in [0.1, 0.15) is 16.6 Å². The van der Waals surface area contributed by atoms with Gasteiger partial charge in [0, 0.05) is 26.2 Å². The molecule has 0 aliphatic carbocycles. The maximum Gasteiger partial charge on any atom is 0.162 e. The summed E-state index contributed by atoms with van der Waals surface area (Å²) in [7, 11) is 0. The van der Waals surface area contributed by atoms with Gasteiger partial charge < -0.3 is 10.4 Å². The van der Waals surface area contributed by atoms with Crippen molar-refractivity contribution in [2.24, 2.45) is 0 Å². The summed E-state index contributed by atoms with van der Waals surface area (Å²) in [6.45, 7) is 2.77. The summed E-state index contributed by atoms with van der Waals surface area (Å²) < 4.78 is 3.94. The van der Waals surface area contributed by atoms with Crippen LogP contribution in [0.4, 0.5) is 5.00 Å². The molecule has 1 aliphatic rings. The quantitative estimate of drug-likeness (QED) is 0.868. The van der Waals surface area contributed by atoms with Crippen LogP contribution in [-0.2, 0) is 13.0 Å². The first kappa shape index (κ1) is 16.2. The van der Waals surface area contributed by atoms with Crippen molar-refractivity contribution in [1.29, 1.82) is 5.26 Å². The van der Waals surface area contributed by atoms with Gasteiger partial charge in [-0.3, -0.25) is 4.90 Å². The van der Waals surface area contributed by atoms with E-state index in [4.69, 9.17) is 16.9 Å². The Morgan fingerprint density at radius 2 is 2.22 bits per heavy atom. The third-order valence-electron chi connectivity index (χ3n) is 3.94. The number of hydrogen-bond donors (Lipinski definition) is 2. The molecule has 0 bridgehead atoms. The summed E-state index contributed by atoms with van der Waals surface area (Å²) in [6.07, 6.45) is 0.493. The summed E-state index contributed by atoms with van der Waals surface area (Å²) in [4.78, 5) is 2.25. The zero-order valence-electron chi connectivity index (χ0n) is 12.5. The van der Waals surface area contributed by atoms with Gasteiger partial charge in [-0.15, -0.1) is 0 Å². The smallest absolute Gasteiger partial charge is 0.162 e. The van der Waals surface area contributed by atoms with E-state index in [1.54, 1.807) is 0 Å². The normalized spacial score (nSPS) is 15.7. The predicted octanol–water partition coefficient (Wildman–Crippen LogP) is 2.50. The molecule has 1 aromatic heterocycles. The zero-order valence-corrected chi connectivity index (χ0v) is 14.1. The number of aromatic nitrogens is 1. The van der Waals surface area contributed by atoms with Crippen LogP contribution in [0.2, 0.25) is 5.15 Å². The van der Waals surface area contributed by atoms with Gasteiger partial charge in [-0.2, -0.15) is 9.64 Å². The first-order valence-corrected chi connectivity index (χ1v) is 8.59. The number of β-amino-alcohol motifs (C(OH)–C–C–N with tert-alkyl or cyclic N) is 1. The molecule has 0 saturated carbocycles. The maximum atomic E-state index is 10.2. The lowest BCUT2D eigenvalue weighted by molar-refractivity contribution is 0.114. The largest absolute Gasteiger partial charge is 0.390 e. The van der Waals surface area contributed by atoms with Crippen LogP contribution < -0.4 is 5.32 Å². The standard InChI is InChI=1S/C16H17ClN4OS/c17-15-14(7-18)16(23-20-15)19-8-13(22)10-21-6-5-11-3-1-2-4-12(11)9-21/h1-4,13,19,22H,5-6,8-10H2/t13-/m0/s1. The van der Waals surface area contributed by atoms with Crippen LogP contribution in [0.15, 0.2) is 24.3 Å². The maximum absolute atomic E-state index is 10.2. The van der Waals surface area contributed by atoms with E-state index in [9.17, 15) is 5.11 Å². The molecule has 1 atom stereocenters. The predicted molar refractivity (Wildman–Crippen MR) is 91.8 cm³/mol. The summed E-state index contributed by atoms with van der Waals surface area (Å²) in [5.41, 5.74) is 3.07. The number of nitriles is 1. The van der Waals surface area contributed by atoms with Gasteiger partial charge in [0.15, 0.2) is 5.15 Å². The molecule has 2 aromatic rings. The van der Waals surface area contributed by atoms with E-state index in [1.165, 1.54) is 11.1 Å².